The number of aliphatic hydroxyl groups is 1. The van der Waals surface area contributed by atoms with Crippen molar-refractivity contribution < 1.29 is 9.84 Å². The van der Waals surface area contributed by atoms with Gasteiger partial charge in [0.2, 0.25) is 0 Å². The molecule has 0 aliphatic heterocycles. The maximum Gasteiger partial charge on any atom is 0.119 e. The van der Waals surface area contributed by atoms with E-state index >= 15 is 0 Å². The van der Waals surface area contributed by atoms with E-state index in [1.807, 2.05) is 68.4 Å². The lowest BCUT2D eigenvalue weighted by molar-refractivity contribution is 0.298. The molecule has 2 heteroatoms. The van der Waals surface area contributed by atoms with Gasteiger partial charge in [0.05, 0.1) is 0 Å². The Labute approximate surface area is 115 Å². The van der Waals surface area contributed by atoms with Crippen LogP contribution in [0.2, 0.25) is 0 Å². The van der Waals surface area contributed by atoms with Gasteiger partial charge in [0.1, 0.15) is 12.4 Å². The van der Waals surface area contributed by atoms with Crippen molar-refractivity contribution in [1.82, 2.24) is 0 Å². The Kier molecular flexibility index (Phi) is 7.37. The highest BCUT2D eigenvalue weighted by Crippen LogP contribution is 2.14. The molecule has 0 aliphatic rings. The molecule has 0 atom stereocenters. The maximum absolute atomic E-state index is 8.81. The fourth-order valence-corrected chi connectivity index (χ4v) is 1.62. The number of benzene rings is 2. The fourth-order valence-electron chi connectivity index (χ4n) is 1.62. The third-order valence-electron chi connectivity index (χ3n) is 2.57. The van der Waals surface area contributed by atoms with Crippen LogP contribution in [-0.4, -0.2) is 11.7 Å². The van der Waals surface area contributed by atoms with Crippen molar-refractivity contribution in [3.05, 3.63) is 65.7 Å². The summed E-state index contributed by atoms with van der Waals surface area (Å²) in [5, 5.41) is 8.81. The highest BCUT2D eigenvalue weighted by molar-refractivity contribution is 5.27. The van der Waals surface area contributed by atoms with Gasteiger partial charge in [-0.25, -0.2) is 0 Å². The number of hydrogen-bond donors (Lipinski definition) is 1. The van der Waals surface area contributed by atoms with Crippen molar-refractivity contribution >= 4 is 0 Å². The molecule has 102 valence electrons. The first-order chi connectivity index (χ1) is 9.38. The second kappa shape index (κ2) is 9.17. The first-order valence-corrected chi connectivity index (χ1v) is 6.75. The van der Waals surface area contributed by atoms with E-state index in [9.17, 15) is 0 Å². The van der Waals surface area contributed by atoms with E-state index in [0.717, 1.165) is 16.9 Å². The predicted molar refractivity (Wildman–Crippen MR) is 79.4 cm³/mol. The Morgan fingerprint density at radius 2 is 1.47 bits per heavy atom. The van der Waals surface area contributed by atoms with Crippen LogP contribution in [-0.2, 0) is 13.0 Å². The second-order valence-electron chi connectivity index (χ2n) is 3.89. The number of aliphatic hydroxyl groups excluding tert-OH is 1. The summed E-state index contributed by atoms with van der Waals surface area (Å²) < 4.78 is 5.66. The lowest BCUT2D eigenvalue weighted by atomic mass is 10.1. The number of ether oxygens (including phenoxy) is 1. The Balaban J connectivity index is 0.000000861. The zero-order valence-electron chi connectivity index (χ0n) is 11.7. The van der Waals surface area contributed by atoms with Crippen molar-refractivity contribution in [2.24, 2.45) is 0 Å². The van der Waals surface area contributed by atoms with Crippen LogP contribution in [0.4, 0.5) is 0 Å². The fraction of sp³-hybridized carbons (Fsp3) is 0.294. The van der Waals surface area contributed by atoms with Crippen LogP contribution in [0.1, 0.15) is 25.0 Å². The van der Waals surface area contributed by atoms with Crippen LogP contribution < -0.4 is 4.74 Å². The molecule has 2 aromatic rings. The zero-order valence-corrected chi connectivity index (χ0v) is 11.7. The standard InChI is InChI=1S/C15H16O2.C2H6/c16-11-10-13-6-8-15(9-7-13)17-12-14-4-2-1-3-5-14;1-2/h1-9,16H,10-12H2;1-2H3. The zero-order chi connectivity index (χ0) is 13.9. The Morgan fingerprint density at radius 3 is 2.05 bits per heavy atom. The van der Waals surface area contributed by atoms with Gasteiger partial charge in [0.25, 0.3) is 0 Å². The SMILES string of the molecule is CC.OCCc1ccc(OCc2ccccc2)cc1. The van der Waals surface area contributed by atoms with Gasteiger partial charge in [-0.2, -0.15) is 0 Å². The van der Waals surface area contributed by atoms with Crippen LogP contribution in [0.5, 0.6) is 5.75 Å². The van der Waals surface area contributed by atoms with E-state index in [-0.39, 0.29) is 6.61 Å². The highest BCUT2D eigenvalue weighted by atomic mass is 16.5. The summed E-state index contributed by atoms with van der Waals surface area (Å²) in [5.74, 6) is 0.857. The smallest absolute Gasteiger partial charge is 0.119 e. The van der Waals surface area contributed by atoms with Crippen molar-refractivity contribution in [3.63, 3.8) is 0 Å². The molecule has 0 unspecified atom stereocenters. The largest absolute Gasteiger partial charge is 0.489 e. The topological polar surface area (TPSA) is 29.5 Å². The highest BCUT2D eigenvalue weighted by Gasteiger charge is 1.96. The van der Waals surface area contributed by atoms with Gasteiger partial charge in [-0.05, 0) is 29.7 Å². The molecule has 0 bridgehead atoms. The molecule has 0 aliphatic carbocycles. The molecule has 2 nitrogen and oxygen atoms in total. The maximum atomic E-state index is 8.81. The Morgan fingerprint density at radius 1 is 0.842 bits per heavy atom. The van der Waals surface area contributed by atoms with E-state index in [1.165, 1.54) is 0 Å². The van der Waals surface area contributed by atoms with Gasteiger partial charge in [-0.15, -0.1) is 0 Å². The monoisotopic (exact) mass is 258 g/mol. The van der Waals surface area contributed by atoms with Gasteiger partial charge in [-0.1, -0.05) is 56.3 Å². The van der Waals surface area contributed by atoms with Gasteiger partial charge >= 0.3 is 0 Å². The molecular formula is C17H22O2. The summed E-state index contributed by atoms with van der Waals surface area (Å²) in [6.45, 7) is 4.77. The van der Waals surface area contributed by atoms with E-state index in [1.54, 1.807) is 0 Å². The summed E-state index contributed by atoms with van der Waals surface area (Å²) in [5.41, 5.74) is 2.28. The quantitative estimate of drug-likeness (QED) is 0.883. The molecule has 2 aromatic carbocycles. The summed E-state index contributed by atoms with van der Waals surface area (Å²) in [7, 11) is 0. The van der Waals surface area contributed by atoms with E-state index < -0.39 is 0 Å². The van der Waals surface area contributed by atoms with Crippen molar-refractivity contribution in [2.75, 3.05) is 6.61 Å². The minimum Gasteiger partial charge on any atom is -0.489 e. The van der Waals surface area contributed by atoms with Crippen LogP contribution in [0.15, 0.2) is 54.6 Å². The minimum atomic E-state index is 0.185. The van der Waals surface area contributed by atoms with Gasteiger partial charge in [0.15, 0.2) is 0 Å². The van der Waals surface area contributed by atoms with Crippen LogP contribution in [0.25, 0.3) is 0 Å². The van der Waals surface area contributed by atoms with Crippen molar-refractivity contribution in [3.8, 4) is 5.75 Å². The van der Waals surface area contributed by atoms with Gasteiger partial charge < -0.3 is 9.84 Å². The van der Waals surface area contributed by atoms with E-state index in [0.29, 0.717) is 13.0 Å². The van der Waals surface area contributed by atoms with Crippen LogP contribution >= 0.6 is 0 Å². The third-order valence-corrected chi connectivity index (χ3v) is 2.57. The van der Waals surface area contributed by atoms with E-state index in [4.69, 9.17) is 9.84 Å². The van der Waals surface area contributed by atoms with E-state index in [2.05, 4.69) is 0 Å². The summed E-state index contributed by atoms with van der Waals surface area (Å²) in [6.07, 6.45) is 0.693. The minimum absolute atomic E-state index is 0.185. The third kappa shape index (κ3) is 5.58. The Hall–Kier alpha value is -1.80. The molecule has 0 spiro atoms. The molecule has 0 fully saturated rings. The lowest BCUT2D eigenvalue weighted by Crippen LogP contribution is -1.95. The molecule has 0 heterocycles. The number of rotatable bonds is 5. The predicted octanol–water partition coefficient (Wildman–Crippen LogP) is 3.83. The van der Waals surface area contributed by atoms with Gasteiger partial charge in [0, 0.05) is 6.61 Å². The lowest BCUT2D eigenvalue weighted by Gasteiger charge is -2.06. The molecule has 0 amide bonds. The molecule has 1 N–H and O–H groups in total. The van der Waals surface area contributed by atoms with Crippen LogP contribution in [0, 0.1) is 0 Å². The molecule has 0 radical (unpaired) electrons. The second-order valence-corrected chi connectivity index (χ2v) is 3.89. The van der Waals surface area contributed by atoms with Crippen molar-refractivity contribution in [2.45, 2.75) is 26.9 Å². The van der Waals surface area contributed by atoms with Crippen molar-refractivity contribution in [1.29, 1.82) is 0 Å². The van der Waals surface area contributed by atoms with Gasteiger partial charge in [-0.3, -0.25) is 0 Å². The first-order valence-electron chi connectivity index (χ1n) is 6.75. The molecule has 2 rings (SSSR count). The van der Waals surface area contributed by atoms with Crippen LogP contribution in [0.3, 0.4) is 0 Å². The average Bonchev–Trinajstić information content (AvgIpc) is 2.50. The summed E-state index contributed by atoms with van der Waals surface area (Å²) >= 11 is 0. The molecular weight excluding hydrogens is 236 g/mol. The summed E-state index contributed by atoms with van der Waals surface area (Å²) in [6, 6.07) is 17.9. The molecule has 0 saturated heterocycles. The number of hydrogen-bond acceptors (Lipinski definition) is 2. The first kappa shape index (κ1) is 15.3. The average molecular weight is 258 g/mol. The molecule has 0 aromatic heterocycles. The summed E-state index contributed by atoms with van der Waals surface area (Å²) in [4.78, 5) is 0. The Bertz CT molecular complexity index is 435. The molecule has 19 heavy (non-hydrogen) atoms. The normalized spacial score (nSPS) is 9.42. The molecule has 0 saturated carbocycles.